The number of hydrogen-bond donors (Lipinski definition) is 3. The summed E-state index contributed by atoms with van der Waals surface area (Å²) in [6.45, 7) is 3.63. The molecular formula is C58H61N5O17. The molecule has 2 aliphatic heterocycles. The fraction of sp³-hybridized carbons (Fsp3) is 0.362. The zero-order chi connectivity index (χ0) is 56.3. The molecule has 420 valence electrons. The number of allylic oxidation sites excluding steroid dienone is 1. The third kappa shape index (κ3) is 12.3. The van der Waals surface area contributed by atoms with Gasteiger partial charge < -0.3 is 52.9 Å². The number of hydrogen-bond acceptors (Lipinski definition) is 18. The fourth-order valence-corrected chi connectivity index (χ4v) is 11.1. The number of nitrogens with zero attached hydrogens (tertiary/aromatic N) is 4. The number of methoxy groups -OCH3 is 2. The Hall–Kier alpha value is -8.73. The number of rotatable bonds is 24. The van der Waals surface area contributed by atoms with Gasteiger partial charge in [-0.15, -0.1) is 6.58 Å². The zero-order valence-electron chi connectivity index (χ0n) is 44.1. The van der Waals surface area contributed by atoms with Crippen LogP contribution in [0.4, 0.5) is 26.7 Å². The van der Waals surface area contributed by atoms with Gasteiger partial charge in [0.2, 0.25) is 12.6 Å². The Balaban J connectivity index is 1.22. The quantitative estimate of drug-likeness (QED) is 0.0224. The van der Waals surface area contributed by atoms with Crippen LogP contribution in [0.2, 0.25) is 0 Å². The van der Waals surface area contributed by atoms with Crippen LogP contribution < -0.4 is 38.5 Å². The lowest BCUT2D eigenvalue weighted by Crippen LogP contribution is -2.70. The van der Waals surface area contributed by atoms with Gasteiger partial charge in [0.1, 0.15) is 41.4 Å². The van der Waals surface area contributed by atoms with E-state index in [1.807, 2.05) is 0 Å². The first-order valence-corrected chi connectivity index (χ1v) is 26.1. The standard InChI is InChI=1S/C58H61N5O17/c1-4-27-76-58-53(61(33-37-13-23-50-52(28-37)75-35-74-50)57(67)79-41-18-16-40(17-19-41)63(70)71)32-48(60-77-34-36-11-14-39(15-12-36)62(68)69)45-29-38(9-5-7-25-64)44(10-6-8-26-65)54(55(45)58)46-30-43(21-24-49(46)80-58)78-56(66)59-47-22-20-42(72-2)31-51(47)73-3/h4,11-24,28-31,38,44,53-55,64-65H,1,5-10,25-27,32-35H2,2-3H3,(H,59,66)/t38-,44+,53-,54+,55+,58+/m0/s1. The third-order valence-electron chi connectivity index (χ3n) is 14.7. The average Bonchev–Trinajstić information content (AvgIpc) is 4.08. The predicted octanol–water partition coefficient (Wildman–Crippen LogP) is 10.4. The number of non-ortho nitro benzene ring substituents is 2. The van der Waals surface area contributed by atoms with Gasteiger partial charge in [-0.05, 0) is 121 Å². The molecule has 2 aliphatic carbocycles. The molecule has 4 aliphatic rings. The summed E-state index contributed by atoms with van der Waals surface area (Å²) in [6, 6.07) is 25.1. The van der Waals surface area contributed by atoms with Gasteiger partial charge in [0, 0.05) is 68.0 Å². The van der Waals surface area contributed by atoms with Crippen LogP contribution in [0.5, 0.6) is 40.2 Å². The van der Waals surface area contributed by atoms with Crippen molar-refractivity contribution in [3.05, 3.63) is 164 Å². The number of nitro benzene ring substituents is 2. The van der Waals surface area contributed by atoms with Gasteiger partial charge in [-0.3, -0.25) is 30.4 Å². The van der Waals surface area contributed by atoms with Crippen LogP contribution >= 0.6 is 0 Å². The molecule has 6 atom stereocenters. The lowest BCUT2D eigenvalue weighted by atomic mass is 9.55. The summed E-state index contributed by atoms with van der Waals surface area (Å²) in [4.78, 5) is 59.0. The Bertz CT molecular complexity index is 3130. The molecule has 3 N–H and O–H groups in total. The van der Waals surface area contributed by atoms with E-state index in [1.54, 1.807) is 72.8 Å². The number of fused-ring (bicyclic) bond motifs is 3. The molecule has 0 radical (unpaired) electrons. The van der Waals surface area contributed by atoms with Gasteiger partial charge in [-0.1, -0.05) is 36.2 Å². The molecule has 0 saturated heterocycles. The molecule has 2 amide bonds. The first kappa shape index (κ1) is 56.0. The number of aliphatic hydroxyl groups is 2. The molecule has 1 saturated carbocycles. The lowest BCUT2D eigenvalue weighted by Gasteiger charge is -2.59. The number of anilines is 1. The summed E-state index contributed by atoms with van der Waals surface area (Å²) in [5, 5.41) is 51.0. The van der Waals surface area contributed by atoms with E-state index in [0.29, 0.717) is 101 Å². The summed E-state index contributed by atoms with van der Waals surface area (Å²) < 4.78 is 48.9. The van der Waals surface area contributed by atoms with E-state index in [4.69, 9.17) is 47.9 Å². The molecule has 0 spiro atoms. The SMILES string of the molecule is C=CCO[C@@]12Oc3ccc(OC(=O)Nc4ccc(OC)cc4OC)cc3[C@H]3[C@H](CCCCO)[C@@H](CCCCO)C=C(C(=NOCc4ccc([N+](=O)[O-])cc4)C[C@@H]1N(Cc1ccc4c(c1)OCO4)C(=O)Oc1ccc([N+](=O)[O-])cc1)[C@H]32. The molecule has 0 aromatic heterocycles. The van der Waals surface area contributed by atoms with E-state index < -0.39 is 45.7 Å². The van der Waals surface area contributed by atoms with Gasteiger partial charge >= 0.3 is 12.2 Å². The maximum atomic E-state index is 15.4. The van der Waals surface area contributed by atoms with Crippen molar-refractivity contribution in [2.75, 3.05) is 46.1 Å². The Morgan fingerprint density at radius 2 is 1.48 bits per heavy atom. The van der Waals surface area contributed by atoms with Gasteiger partial charge in [0.05, 0.1) is 48.0 Å². The number of oxime groups is 1. The van der Waals surface area contributed by atoms with Crippen LogP contribution in [0.25, 0.3) is 0 Å². The summed E-state index contributed by atoms with van der Waals surface area (Å²) in [5.74, 6) is -1.26. The van der Waals surface area contributed by atoms with E-state index in [-0.39, 0.29) is 80.9 Å². The van der Waals surface area contributed by atoms with E-state index in [0.717, 1.165) is 0 Å². The number of benzene rings is 5. The maximum absolute atomic E-state index is 15.4. The predicted molar refractivity (Wildman–Crippen MR) is 289 cm³/mol. The van der Waals surface area contributed by atoms with Crippen LogP contribution in [0.15, 0.2) is 133 Å². The largest absolute Gasteiger partial charge is 0.497 e. The van der Waals surface area contributed by atoms with Gasteiger partial charge in [-0.25, -0.2) is 9.59 Å². The molecule has 5 aromatic carbocycles. The molecule has 9 rings (SSSR count). The Morgan fingerprint density at radius 3 is 2.17 bits per heavy atom. The van der Waals surface area contributed by atoms with E-state index in [2.05, 4.69) is 18.0 Å². The molecule has 2 heterocycles. The highest BCUT2D eigenvalue weighted by Gasteiger charge is 2.66. The molecule has 22 heteroatoms. The first-order chi connectivity index (χ1) is 38.9. The second-order valence-electron chi connectivity index (χ2n) is 19.5. The minimum absolute atomic E-state index is 0.00769. The molecular weight excluding hydrogens is 1040 g/mol. The van der Waals surface area contributed by atoms with Crippen molar-refractivity contribution in [3.63, 3.8) is 0 Å². The lowest BCUT2D eigenvalue weighted by molar-refractivity contribution is -0.385. The minimum Gasteiger partial charge on any atom is -0.497 e. The van der Waals surface area contributed by atoms with Crippen molar-refractivity contribution < 1.29 is 72.4 Å². The molecule has 1 fully saturated rings. The van der Waals surface area contributed by atoms with Crippen molar-refractivity contribution in [2.24, 2.45) is 22.9 Å². The summed E-state index contributed by atoms with van der Waals surface area (Å²) in [5.41, 5.74) is 2.94. The number of ether oxygens (including phenoxy) is 8. The van der Waals surface area contributed by atoms with Gasteiger partial charge in [-0.2, -0.15) is 0 Å². The zero-order valence-corrected chi connectivity index (χ0v) is 44.1. The smallest absolute Gasteiger partial charge is 0.417 e. The van der Waals surface area contributed by atoms with Crippen LogP contribution in [-0.4, -0.2) is 95.5 Å². The summed E-state index contributed by atoms with van der Waals surface area (Å²) >= 11 is 0. The maximum Gasteiger partial charge on any atom is 0.417 e. The highest BCUT2D eigenvalue weighted by atomic mass is 16.7. The normalized spacial score (nSPS) is 20.7. The molecule has 80 heavy (non-hydrogen) atoms. The monoisotopic (exact) mass is 1100 g/mol. The van der Waals surface area contributed by atoms with Gasteiger partial charge in [0.25, 0.3) is 11.4 Å². The molecule has 5 aromatic rings. The number of nitrogens with one attached hydrogen (secondary N) is 1. The Labute approximate surface area is 460 Å². The Kier molecular flexibility index (Phi) is 17.8. The second-order valence-corrected chi connectivity index (χ2v) is 19.5. The average molecular weight is 1100 g/mol. The molecule has 0 unspecified atom stereocenters. The highest BCUT2D eigenvalue weighted by molar-refractivity contribution is 6.03. The van der Waals surface area contributed by atoms with Crippen molar-refractivity contribution in [2.45, 2.75) is 75.8 Å². The van der Waals surface area contributed by atoms with Crippen molar-refractivity contribution >= 4 is 35.0 Å². The molecule has 0 bridgehead atoms. The van der Waals surface area contributed by atoms with Crippen LogP contribution in [0, 0.1) is 38.0 Å². The van der Waals surface area contributed by atoms with Crippen LogP contribution in [0.1, 0.15) is 67.6 Å². The number of carbonyl (C=O) groups excluding carboxylic acids is 2. The number of amides is 2. The number of unbranched alkanes of at least 4 members (excludes halogenated alkanes) is 2. The summed E-state index contributed by atoms with van der Waals surface area (Å²) in [6.07, 6.45) is 5.47. The first-order valence-electron chi connectivity index (χ1n) is 26.1. The number of nitro groups is 2. The van der Waals surface area contributed by atoms with Crippen molar-refractivity contribution in [3.8, 4) is 40.2 Å². The minimum atomic E-state index is -1.80. The fourth-order valence-electron chi connectivity index (χ4n) is 11.1. The van der Waals surface area contributed by atoms with Crippen molar-refractivity contribution in [1.29, 1.82) is 0 Å². The topological polar surface area (TPSA) is 272 Å². The summed E-state index contributed by atoms with van der Waals surface area (Å²) in [7, 11) is 2.98. The third-order valence-corrected chi connectivity index (χ3v) is 14.7. The number of carbonyl (C=O) groups is 2. The van der Waals surface area contributed by atoms with Crippen molar-refractivity contribution in [1.82, 2.24) is 4.90 Å². The van der Waals surface area contributed by atoms with E-state index in [1.165, 1.54) is 55.5 Å². The van der Waals surface area contributed by atoms with Crippen LogP contribution in [-0.2, 0) is 22.7 Å². The highest BCUT2D eigenvalue weighted by Crippen LogP contribution is 2.62. The van der Waals surface area contributed by atoms with E-state index in [9.17, 15) is 35.2 Å². The molecule has 22 nitrogen and oxygen atoms in total. The number of aliphatic hydroxyl groups excluding tert-OH is 2. The van der Waals surface area contributed by atoms with Gasteiger partial charge in [0.15, 0.2) is 11.5 Å². The van der Waals surface area contributed by atoms with E-state index >= 15 is 4.79 Å². The Morgan fingerprint density at radius 1 is 0.800 bits per heavy atom. The second kappa shape index (κ2) is 25.4. The van der Waals surface area contributed by atoms with Crippen LogP contribution in [0.3, 0.4) is 0 Å².